The fourth-order valence-electron chi connectivity index (χ4n) is 4.18. The molecule has 0 atom stereocenters. The summed E-state index contributed by atoms with van der Waals surface area (Å²) < 4.78 is 0. The molecule has 0 aromatic heterocycles. The van der Waals surface area contributed by atoms with E-state index >= 15 is 0 Å². The average Bonchev–Trinajstić information content (AvgIpc) is 2.78. The molecule has 3 rings (SSSR count). The smallest absolute Gasteiger partial charge is 0.253 e. The van der Waals surface area contributed by atoms with Gasteiger partial charge in [-0.1, -0.05) is 25.3 Å². The predicted octanol–water partition coefficient (Wildman–Crippen LogP) is 2.29. The molecule has 1 heterocycles. The lowest BCUT2D eigenvalue weighted by Crippen LogP contribution is -2.50. The molecule has 2 aliphatic rings. The number of nitriles is 1. The summed E-state index contributed by atoms with van der Waals surface area (Å²) in [6.45, 7) is 1.54. The number of benzene rings is 1. The quantitative estimate of drug-likeness (QED) is 0.682. The number of aliphatic hydroxyl groups excluding tert-OH is 1. The lowest BCUT2D eigenvalue weighted by molar-refractivity contribution is -0.121. The van der Waals surface area contributed by atoms with Gasteiger partial charge in [0.15, 0.2) is 0 Å². The first-order valence-corrected chi connectivity index (χ1v) is 10.5. The van der Waals surface area contributed by atoms with Crippen LogP contribution in [0.3, 0.4) is 0 Å². The van der Waals surface area contributed by atoms with Crippen molar-refractivity contribution in [1.29, 1.82) is 5.26 Å². The molecule has 7 heteroatoms. The van der Waals surface area contributed by atoms with E-state index in [0.717, 1.165) is 32.1 Å². The van der Waals surface area contributed by atoms with Crippen molar-refractivity contribution >= 4 is 17.5 Å². The van der Waals surface area contributed by atoms with Gasteiger partial charge < -0.3 is 20.6 Å². The highest BCUT2D eigenvalue weighted by Gasteiger charge is 2.33. The van der Waals surface area contributed by atoms with Crippen molar-refractivity contribution in [1.82, 2.24) is 10.2 Å². The predicted molar refractivity (Wildman–Crippen MR) is 110 cm³/mol. The fourth-order valence-corrected chi connectivity index (χ4v) is 4.18. The van der Waals surface area contributed by atoms with Gasteiger partial charge in [-0.15, -0.1) is 0 Å². The molecule has 0 spiro atoms. The van der Waals surface area contributed by atoms with E-state index in [4.69, 9.17) is 0 Å². The number of carbonyl (C=O) groups excluding carboxylic acids is 2. The minimum atomic E-state index is -0.741. The Kier molecular flexibility index (Phi) is 7.10. The topological polar surface area (TPSA) is 105 Å². The van der Waals surface area contributed by atoms with Crippen LogP contribution in [0.1, 0.15) is 55.3 Å². The van der Waals surface area contributed by atoms with Gasteiger partial charge in [0.2, 0.25) is 5.91 Å². The van der Waals surface area contributed by atoms with Gasteiger partial charge in [-0.05, 0) is 49.8 Å². The molecule has 1 saturated carbocycles. The van der Waals surface area contributed by atoms with Crippen LogP contribution in [0.15, 0.2) is 24.3 Å². The summed E-state index contributed by atoms with van der Waals surface area (Å²) in [6.07, 6.45) is 6.07. The molecule has 0 bridgehead atoms. The molecule has 0 unspecified atom stereocenters. The van der Waals surface area contributed by atoms with E-state index in [1.807, 2.05) is 11.0 Å². The standard InChI is InChI=1S/C22H30N4O3/c23-16-22(9-2-1-3-10-22)25-20(28)14-24-19-6-4-5-18(13-19)21(29)26-11-7-17(15-27)8-12-26/h4-6,13,17,24,27H,1-3,7-12,14-15H2,(H,25,28). The van der Waals surface area contributed by atoms with E-state index in [2.05, 4.69) is 16.7 Å². The minimum Gasteiger partial charge on any atom is -0.396 e. The van der Waals surface area contributed by atoms with Crippen LogP contribution in [0.5, 0.6) is 0 Å². The average molecular weight is 399 g/mol. The first kappa shape index (κ1) is 21.1. The Bertz CT molecular complexity index is 760. The highest BCUT2D eigenvalue weighted by molar-refractivity contribution is 5.95. The Morgan fingerprint density at radius 3 is 2.59 bits per heavy atom. The van der Waals surface area contributed by atoms with Crippen LogP contribution in [-0.4, -0.2) is 53.6 Å². The number of carbonyl (C=O) groups is 2. The Balaban J connectivity index is 1.54. The lowest BCUT2D eigenvalue weighted by Gasteiger charge is -2.31. The van der Waals surface area contributed by atoms with E-state index in [1.165, 1.54) is 0 Å². The molecule has 1 aliphatic heterocycles. The third-order valence-electron chi connectivity index (χ3n) is 6.02. The summed E-state index contributed by atoms with van der Waals surface area (Å²) in [5.41, 5.74) is 0.541. The van der Waals surface area contributed by atoms with Gasteiger partial charge >= 0.3 is 0 Å². The van der Waals surface area contributed by atoms with Gasteiger partial charge in [-0.25, -0.2) is 0 Å². The first-order valence-electron chi connectivity index (χ1n) is 10.5. The van der Waals surface area contributed by atoms with Gasteiger partial charge in [0.1, 0.15) is 5.54 Å². The number of likely N-dealkylation sites (tertiary alicyclic amines) is 1. The second-order valence-corrected chi connectivity index (χ2v) is 8.16. The molecule has 1 saturated heterocycles. The maximum atomic E-state index is 12.7. The second-order valence-electron chi connectivity index (χ2n) is 8.16. The van der Waals surface area contributed by atoms with Crippen LogP contribution < -0.4 is 10.6 Å². The number of aliphatic hydroxyl groups is 1. The molecule has 156 valence electrons. The summed E-state index contributed by atoms with van der Waals surface area (Å²) in [6, 6.07) is 9.44. The van der Waals surface area contributed by atoms with Crippen LogP contribution in [-0.2, 0) is 4.79 Å². The third kappa shape index (κ3) is 5.48. The van der Waals surface area contributed by atoms with E-state index in [1.54, 1.807) is 18.2 Å². The number of rotatable bonds is 6. The van der Waals surface area contributed by atoms with Gasteiger partial charge in [-0.3, -0.25) is 9.59 Å². The highest BCUT2D eigenvalue weighted by Crippen LogP contribution is 2.27. The van der Waals surface area contributed by atoms with Crippen molar-refractivity contribution in [3.63, 3.8) is 0 Å². The van der Waals surface area contributed by atoms with E-state index in [-0.39, 0.29) is 30.9 Å². The molecule has 29 heavy (non-hydrogen) atoms. The van der Waals surface area contributed by atoms with Crippen molar-refractivity contribution < 1.29 is 14.7 Å². The maximum Gasteiger partial charge on any atom is 0.253 e. The molecule has 3 N–H and O–H groups in total. The van der Waals surface area contributed by atoms with Crippen LogP contribution in [0, 0.1) is 17.2 Å². The molecule has 7 nitrogen and oxygen atoms in total. The summed E-state index contributed by atoms with van der Waals surface area (Å²) in [5, 5.41) is 24.7. The van der Waals surface area contributed by atoms with Crippen molar-refractivity contribution in [3.8, 4) is 6.07 Å². The number of nitrogens with zero attached hydrogens (tertiary/aromatic N) is 2. The highest BCUT2D eigenvalue weighted by atomic mass is 16.3. The molecule has 2 amide bonds. The van der Waals surface area contributed by atoms with Crippen molar-refractivity contribution in [2.24, 2.45) is 5.92 Å². The third-order valence-corrected chi connectivity index (χ3v) is 6.02. The molecule has 2 fully saturated rings. The first-order chi connectivity index (χ1) is 14.0. The minimum absolute atomic E-state index is 0.0277. The number of anilines is 1. The van der Waals surface area contributed by atoms with Crippen LogP contribution in [0.25, 0.3) is 0 Å². The number of piperidine rings is 1. The Morgan fingerprint density at radius 1 is 1.21 bits per heavy atom. The summed E-state index contributed by atoms with van der Waals surface area (Å²) in [4.78, 5) is 26.9. The number of hydrogen-bond acceptors (Lipinski definition) is 5. The number of nitrogens with one attached hydrogen (secondary N) is 2. The van der Waals surface area contributed by atoms with E-state index in [9.17, 15) is 20.0 Å². The lowest BCUT2D eigenvalue weighted by atomic mass is 9.83. The van der Waals surface area contributed by atoms with Gasteiger partial charge in [0.05, 0.1) is 12.6 Å². The van der Waals surface area contributed by atoms with E-state index < -0.39 is 5.54 Å². The summed E-state index contributed by atoms with van der Waals surface area (Å²) in [5.74, 6) is 0.0443. The monoisotopic (exact) mass is 398 g/mol. The SMILES string of the molecule is N#CC1(NC(=O)CNc2cccc(C(=O)N3CCC(CO)CC3)c2)CCCCC1. The fraction of sp³-hybridized carbons (Fsp3) is 0.591. The van der Waals surface area contributed by atoms with E-state index in [0.29, 0.717) is 37.2 Å². The summed E-state index contributed by atoms with van der Waals surface area (Å²) >= 11 is 0. The van der Waals surface area contributed by atoms with Crippen molar-refractivity contribution in [2.45, 2.75) is 50.5 Å². The molecule has 1 aromatic carbocycles. The Morgan fingerprint density at radius 2 is 1.93 bits per heavy atom. The van der Waals surface area contributed by atoms with Gasteiger partial charge in [-0.2, -0.15) is 5.26 Å². The van der Waals surface area contributed by atoms with Crippen LogP contribution in [0.4, 0.5) is 5.69 Å². The zero-order valence-corrected chi connectivity index (χ0v) is 16.8. The zero-order valence-electron chi connectivity index (χ0n) is 16.8. The maximum absolute atomic E-state index is 12.7. The molecule has 1 aliphatic carbocycles. The molecular weight excluding hydrogens is 368 g/mol. The number of hydrogen-bond donors (Lipinski definition) is 3. The van der Waals surface area contributed by atoms with Gasteiger partial charge in [0, 0.05) is 30.9 Å². The Hall–Kier alpha value is -2.59. The Labute approximate surface area is 172 Å². The van der Waals surface area contributed by atoms with Crippen molar-refractivity contribution in [3.05, 3.63) is 29.8 Å². The zero-order chi connectivity index (χ0) is 20.7. The number of amides is 2. The molecule has 1 aromatic rings. The van der Waals surface area contributed by atoms with Crippen LogP contribution >= 0.6 is 0 Å². The molecular formula is C22H30N4O3. The molecule has 0 radical (unpaired) electrons. The van der Waals surface area contributed by atoms with Crippen LogP contribution in [0.2, 0.25) is 0 Å². The second kappa shape index (κ2) is 9.75. The summed E-state index contributed by atoms with van der Waals surface area (Å²) in [7, 11) is 0. The normalized spacial score (nSPS) is 19.2. The van der Waals surface area contributed by atoms with Crippen molar-refractivity contribution in [2.75, 3.05) is 31.6 Å². The largest absolute Gasteiger partial charge is 0.396 e. The van der Waals surface area contributed by atoms with Gasteiger partial charge in [0.25, 0.3) is 5.91 Å².